The van der Waals surface area contributed by atoms with Crippen molar-refractivity contribution >= 4 is 61.3 Å². The van der Waals surface area contributed by atoms with Crippen LogP contribution in [0.4, 0.5) is 11.4 Å². The van der Waals surface area contributed by atoms with Crippen LogP contribution >= 0.6 is 0 Å². The molecule has 0 saturated carbocycles. The number of benzene rings is 6. The molecule has 5 nitrogen and oxygen atoms in total. The van der Waals surface area contributed by atoms with E-state index in [2.05, 4.69) is 120 Å². The molecule has 0 radical (unpaired) electrons. The average Bonchev–Trinajstić information content (AvgIpc) is 3.84. The number of rotatable bonds is 3. The lowest BCUT2D eigenvalue weighted by molar-refractivity contribution is 0.584. The van der Waals surface area contributed by atoms with Crippen LogP contribution in [0.25, 0.3) is 72.5 Å². The molecule has 230 valence electrons. The van der Waals surface area contributed by atoms with Crippen LogP contribution in [0.15, 0.2) is 154 Å². The van der Waals surface area contributed by atoms with Crippen LogP contribution in [0.5, 0.6) is 0 Å². The summed E-state index contributed by atoms with van der Waals surface area (Å²) in [6.45, 7) is 0. The Kier molecular flexibility index (Phi) is 5.44. The second-order valence-corrected chi connectivity index (χ2v) is 12.9. The highest BCUT2D eigenvalue weighted by Gasteiger charge is 2.43. The molecule has 0 N–H and O–H groups in total. The van der Waals surface area contributed by atoms with Gasteiger partial charge in [-0.25, -0.2) is 9.97 Å². The van der Waals surface area contributed by atoms with Gasteiger partial charge in [-0.05, 0) is 54.1 Å². The van der Waals surface area contributed by atoms with Crippen LogP contribution in [-0.4, -0.2) is 16.0 Å². The highest BCUT2D eigenvalue weighted by molar-refractivity contribution is 6.18. The average molecular weight is 630 g/mol. The van der Waals surface area contributed by atoms with Crippen molar-refractivity contribution < 1.29 is 8.83 Å². The molecule has 9 aromatic rings. The van der Waals surface area contributed by atoms with Crippen LogP contribution in [0.2, 0.25) is 0 Å². The third-order valence-corrected chi connectivity index (χ3v) is 10.2. The Bertz CT molecular complexity index is 2800. The quantitative estimate of drug-likeness (QED) is 0.195. The maximum atomic E-state index is 6.80. The number of hydrogen-bond donors (Lipinski definition) is 0. The van der Waals surface area contributed by atoms with Crippen molar-refractivity contribution in [2.24, 2.45) is 0 Å². The van der Waals surface area contributed by atoms with Gasteiger partial charge in [0.15, 0.2) is 5.82 Å². The second-order valence-electron chi connectivity index (χ2n) is 12.9. The molecule has 0 amide bonds. The van der Waals surface area contributed by atoms with E-state index in [1.807, 2.05) is 36.4 Å². The molecule has 0 fully saturated rings. The minimum atomic E-state index is 0.117. The smallest absolute Gasteiger partial charge is 0.164 e. The highest BCUT2D eigenvalue weighted by Crippen LogP contribution is 2.54. The normalized spacial score (nSPS) is 16.4. The zero-order chi connectivity index (χ0) is 32.1. The molecule has 5 heteroatoms. The lowest BCUT2D eigenvalue weighted by Crippen LogP contribution is -2.30. The Hall–Kier alpha value is -6.46. The number of nitrogens with zero attached hydrogens (tertiary/aromatic N) is 3. The Morgan fingerprint density at radius 3 is 2.27 bits per heavy atom. The summed E-state index contributed by atoms with van der Waals surface area (Å²) in [6, 6.07) is 48.6. The summed E-state index contributed by atoms with van der Waals surface area (Å²) in [5.41, 5.74) is 10.9. The van der Waals surface area contributed by atoms with Crippen LogP contribution < -0.4 is 4.90 Å². The summed E-state index contributed by atoms with van der Waals surface area (Å²) in [5, 5.41) is 4.14. The Morgan fingerprint density at radius 1 is 0.592 bits per heavy atom. The van der Waals surface area contributed by atoms with Crippen LogP contribution in [0, 0.1) is 0 Å². The van der Waals surface area contributed by atoms with E-state index in [9.17, 15) is 0 Å². The largest absolute Gasteiger partial charge is 0.456 e. The number of fused-ring (bicyclic) bond motifs is 12. The lowest BCUT2D eigenvalue weighted by Gasteiger charge is -2.30. The van der Waals surface area contributed by atoms with Gasteiger partial charge in [0, 0.05) is 44.6 Å². The standard InChI is InChI=1S/C44H27N3O2/c1-3-12-26(13-4-1)41-40-33(23-22-29-28-16-8-10-21-36(28)48-43(29)40)45-44(46-41)32-19-11-18-31-39-37(49-42(31)32)25-24-35-38(39)30-17-7-9-20-34(30)47(35)27-14-5-2-6-15-27/h1-25,35,38H. The van der Waals surface area contributed by atoms with Crippen molar-refractivity contribution in [2.75, 3.05) is 4.90 Å². The van der Waals surface area contributed by atoms with Crippen molar-refractivity contribution in [2.45, 2.75) is 12.0 Å². The van der Waals surface area contributed by atoms with Gasteiger partial charge in [0.25, 0.3) is 0 Å². The van der Waals surface area contributed by atoms with E-state index in [4.69, 9.17) is 18.8 Å². The minimum absolute atomic E-state index is 0.117. The summed E-state index contributed by atoms with van der Waals surface area (Å²) >= 11 is 0. The number of aromatic nitrogens is 2. The van der Waals surface area contributed by atoms with Crippen LogP contribution in [0.1, 0.15) is 22.8 Å². The summed E-state index contributed by atoms with van der Waals surface area (Å²) < 4.78 is 13.3. The number of para-hydroxylation sites is 4. The second kappa shape index (κ2) is 10.0. The van der Waals surface area contributed by atoms with Gasteiger partial charge in [0.2, 0.25) is 0 Å². The summed E-state index contributed by atoms with van der Waals surface area (Å²) in [5.74, 6) is 1.63. The Balaban J connectivity index is 1.14. The zero-order valence-corrected chi connectivity index (χ0v) is 26.2. The van der Waals surface area contributed by atoms with Gasteiger partial charge < -0.3 is 13.7 Å². The summed E-state index contributed by atoms with van der Waals surface area (Å²) in [4.78, 5) is 13.0. The first-order valence-electron chi connectivity index (χ1n) is 16.7. The molecule has 1 aliphatic carbocycles. The van der Waals surface area contributed by atoms with Gasteiger partial charge in [-0.2, -0.15) is 0 Å². The van der Waals surface area contributed by atoms with E-state index in [1.165, 1.54) is 22.5 Å². The predicted octanol–water partition coefficient (Wildman–Crippen LogP) is 11.3. The van der Waals surface area contributed by atoms with E-state index >= 15 is 0 Å². The first-order chi connectivity index (χ1) is 24.3. The number of furan rings is 2. The fourth-order valence-electron chi connectivity index (χ4n) is 8.18. The van der Waals surface area contributed by atoms with E-state index < -0.39 is 0 Å². The van der Waals surface area contributed by atoms with Gasteiger partial charge in [-0.1, -0.05) is 103 Å². The summed E-state index contributed by atoms with van der Waals surface area (Å²) in [6.07, 6.45) is 4.44. The molecular weight excluding hydrogens is 603 g/mol. The fraction of sp³-hybridized carbons (Fsp3) is 0.0455. The highest BCUT2D eigenvalue weighted by atomic mass is 16.3. The monoisotopic (exact) mass is 629 g/mol. The van der Waals surface area contributed by atoms with Crippen molar-refractivity contribution in [3.05, 3.63) is 162 Å². The molecule has 0 bridgehead atoms. The van der Waals surface area contributed by atoms with E-state index in [1.54, 1.807) is 0 Å². The number of hydrogen-bond acceptors (Lipinski definition) is 5. The van der Waals surface area contributed by atoms with Gasteiger partial charge in [-0.15, -0.1) is 0 Å². The first-order valence-corrected chi connectivity index (χ1v) is 16.7. The van der Waals surface area contributed by atoms with Crippen molar-refractivity contribution in [1.29, 1.82) is 0 Å². The number of anilines is 2. The molecule has 2 unspecified atom stereocenters. The molecule has 3 aromatic heterocycles. The SMILES string of the molecule is C1=CC2C(c3ccccc3N2c2ccccc2)c2c1oc1c(-c3nc(-c4ccccc4)c4c(ccc5c6ccccc6oc54)n3)cccc21. The zero-order valence-electron chi connectivity index (χ0n) is 26.2. The van der Waals surface area contributed by atoms with Gasteiger partial charge >= 0.3 is 0 Å². The lowest BCUT2D eigenvalue weighted by atomic mass is 9.82. The van der Waals surface area contributed by atoms with Crippen molar-refractivity contribution in [3.8, 4) is 22.6 Å². The maximum Gasteiger partial charge on any atom is 0.164 e. The Morgan fingerprint density at radius 2 is 1.37 bits per heavy atom. The minimum Gasteiger partial charge on any atom is -0.456 e. The van der Waals surface area contributed by atoms with E-state index in [-0.39, 0.29) is 12.0 Å². The molecule has 11 rings (SSSR count). The van der Waals surface area contributed by atoms with Gasteiger partial charge in [-0.3, -0.25) is 0 Å². The maximum absolute atomic E-state index is 6.80. The summed E-state index contributed by atoms with van der Waals surface area (Å²) in [7, 11) is 0. The van der Waals surface area contributed by atoms with Crippen molar-refractivity contribution in [1.82, 2.24) is 9.97 Å². The van der Waals surface area contributed by atoms with Crippen molar-refractivity contribution in [3.63, 3.8) is 0 Å². The predicted molar refractivity (Wildman–Crippen MR) is 197 cm³/mol. The van der Waals surface area contributed by atoms with Gasteiger partial charge in [0.05, 0.1) is 28.2 Å². The molecule has 2 aliphatic rings. The topological polar surface area (TPSA) is 55.3 Å². The third kappa shape index (κ3) is 3.75. The molecule has 0 saturated heterocycles. The fourth-order valence-corrected chi connectivity index (χ4v) is 8.18. The molecular formula is C44H27N3O2. The molecule has 1 aliphatic heterocycles. The Labute approximate surface area is 281 Å². The van der Waals surface area contributed by atoms with Crippen LogP contribution in [-0.2, 0) is 0 Å². The molecule has 6 aromatic carbocycles. The molecule has 2 atom stereocenters. The molecule has 49 heavy (non-hydrogen) atoms. The molecule has 0 spiro atoms. The van der Waals surface area contributed by atoms with Crippen LogP contribution in [0.3, 0.4) is 0 Å². The molecule has 4 heterocycles. The van der Waals surface area contributed by atoms with Gasteiger partial charge in [0.1, 0.15) is 22.5 Å². The van der Waals surface area contributed by atoms with E-state index in [0.29, 0.717) is 5.82 Å². The third-order valence-electron chi connectivity index (χ3n) is 10.2. The first kappa shape index (κ1) is 26.6. The van der Waals surface area contributed by atoms with E-state index in [0.717, 1.165) is 66.4 Å².